The van der Waals surface area contributed by atoms with Gasteiger partial charge in [-0.3, -0.25) is 4.84 Å². The fourth-order valence-electron chi connectivity index (χ4n) is 3.18. The van der Waals surface area contributed by atoms with Gasteiger partial charge in [-0.25, -0.2) is 0 Å². The molecule has 0 N–H and O–H groups in total. The number of ether oxygens (including phenoxy) is 1. The van der Waals surface area contributed by atoms with Crippen LogP contribution in [-0.4, -0.2) is 25.3 Å². The monoisotopic (exact) mass is 311 g/mol. The Morgan fingerprint density at radius 3 is 2.22 bits per heavy atom. The van der Waals surface area contributed by atoms with Crippen molar-refractivity contribution in [1.29, 1.82) is 0 Å². The van der Waals surface area contributed by atoms with Gasteiger partial charge in [-0.15, -0.1) is 0 Å². The number of aryl methyl sites for hydroxylation is 1. The van der Waals surface area contributed by atoms with Crippen LogP contribution in [0.4, 0.5) is 0 Å². The summed E-state index contributed by atoms with van der Waals surface area (Å²) in [5.41, 5.74) is 3.58. The Morgan fingerprint density at radius 2 is 1.61 bits per heavy atom. The molecule has 0 aromatic heterocycles. The van der Waals surface area contributed by atoms with Gasteiger partial charge in [0.2, 0.25) is 0 Å². The van der Waals surface area contributed by atoms with Gasteiger partial charge in [0.15, 0.2) is 0 Å². The molecule has 0 unspecified atom stereocenters. The maximum absolute atomic E-state index is 5.94. The Morgan fingerprint density at radius 1 is 0.957 bits per heavy atom. The fourth-order valence-corrected chi connectivity index (χ4v) is 3.18. The van der Waals surface area contributed by atoms with Gasteiger partial charge in [0, 0.05) is 20.2 Å². The summed E-state index contributed by atoms with van der Waals surface area (Å²) >= 11 is 0. The van der Waals surface area contributed by atoms with Crippen LogP contribution in [0.5, 0.6) is 0 Å². The van der Waals surface area contributed by atoms with Crippen molar-refractivity contribution in [2.75, 3.05) is 20.2 Å². The van der Waals surface area contributed by atoms with Crippen LogP contribution in [0, 0.1) is 6.92 Å². The highest BCUT2D eigenvalue weighted by Crippen LogP contribution is 2.36. The third-order valence-electron chi connectivity index (χ3n) is 4.76. The lowest BCUT2D eigenvalue weighted by molar-refractivity contribution is -0.208. The van der Waals surface area contributed by atoms with E-state index in [1.165, 1.54) is 16.7 Å². The fraction of sp³-hybridized carbons (Fsp3) is 0.400. The number of hydrogen-bond donors (Lipinski definition) is 0. The molecule has 1 aliphatic rings. The second kappa shape index (κ2) is 7.26. The predicted molar refractivity (Wildman–Crippen MR) is 91.9 cm³/mol. The molecule has 3 nitrogen and oxygen atoms in total. The molecule has 2 aromatic carbocycles. The Balaban J connectivity index is 1.59. The van der Waals surface area contributed by atoms with E-state index in [9.17, 15) is 0 Å². The minimum absolute atomic E-state index is 0.180. The summed E-state index contributed by atoms with van der Waals surface area (Å²) in [6, 6.07) is 19.0. The first-order chi connectivity index (χ1) is 11.2. The van der Waals surface area contributed by atoms with Crippen LogP contribution in [0.2, 0.25) is 0 Å². The largest absolute Gasteiger partial charge is 0.373 e. The van der Waals surface area contributed by atoms with Crippen LogP contribution in [0.15, 0.2) is 54.6 Å². The van der Waals surface area contributed by atoms with E-state index in [0.717, 1.165) is 25.9 Å². The zero-order valence-electron chi connectivity index (χ0n) is 14.0. The van der Waals surface area contributed by atoms with Crippen molar-refractivity contribution in [3.63, 3.8) is 0 Å². The number of benzene rings is 2. The number of rotatable bonds is 5. The van der Waals surface area contributed by atoms with Gasteiger partial charge in [0.1, 0.15) is 0 Å². The third kappa shape index (κ3) is 3.81. The Kier molecular flexibility index (Phi) is 5.11. The van der Waals surface area contributed by atoms with Crippen molar-refractivity contribution >= 4 is 0 Å². The van der Waals surface area contributed by atoms with E-state index in [-0.39, 0.29) is 5.60 Å². The highest BCUT2D eigenvalue weighted by Gasteiger charge is 2.36. The first-order valence-electron chi connectivity index (χ1n) is 8.26. The highest BCUT2D eigenvalue weighted by atomic mass is 16.7. The van der Waals surface area contributed by atoms with Crippen molar-refractivity contribution in [3.8, 4) is 0 Å². The van der Waals surface area contributed by atoms with Gasteiger partial charge in [0.25, 0.3) is 0 Å². The summed E-state index contributed by atoms with van der Waals surface area (Å²) in [7, 11) is 1.82. The maximum Gasteiger partial charge on any atom is 0.0953 e. The lowest BCUT2D eigenvalue weighted by Crippen LogP contribution is -2.43. The average molecular weight is 311 g/mol. The molecule has 122 valence electrons. The number of nitrogens with zero attached hydrogens (tertiary/aromatic N) is 1. The SMILES string of the molecule is COC1(c2ccc(C)cc2)CCN(OCc2ccccc2)CC1. The van der Waals surface area contributed by atoms with E-state index in [4.69, 9.17) is 9.57 Å². The van der Waals surface area contributed by atoms with Gasteiger partial charge >= 0.3 is 0 Å². The number of hydrogen-bond acceptors (Lipinski definition) is 3. The molecule has 0 bridgehead atoms. The molecule has 2 aromatic rings. The highest BCUT2D eigenvalue weighted by molar-refractivity contribution is 5.27. The van der Waals surface area contributed by atoms with Crippen molar-refractivity contribution in [2.24, 2.45) is 0 Å². The lowest BCUT2D eigenvalue weighted by atomic mass is 9.84. The standard InChI is InChI=1S/C20H25NO2/c1-17-8-10-19(11-9-17)20(22-2)12-14-21(15-13-20)23-16-18-6-4-3-5-7-18/h3-11H,12-16H2,1-2H3. The van der Waals surface area contributed by atoms with E-state index in [0.29, 0.717) is 6.61 Å². The van der Waals surface area contributed by atoms with E-state index in [1.807, 2.05) is 25.3 Å². The summed E-state index contributed by atoms with van der Waals surface area (Å²) < 4.78 is 5.93. The lowest BCUT2D eigenvalue weighted by Gasteiger charge is -2.40. The molecule has 23 heavy (non-hydrogen) atoms. The molecule has 0 amide bonds. The smallest absolute Gasteiger partial charge is 0.0953 e. The van der Waals surface area contributed by atoms with E-state index >= 15 is 0 Å². The summed E-state index contributed by atoms with van der Waals surface area (Å²) in [6.45, 7) is 4.51. The molecule has 1 fully saturated rings. The van der Waals surface area contributed by atoms with Gasteiger partial charge in [0.05, 0.1) is 12.2 Å². The number of piperidine rings is 1. The zero-order valence-corrected chi connectivity index (χ0v) is 14.0. The first-order valence-corrected chi connectivity index (χ1v) is 8.26. The molecule has 0 radical (unpaired) electrons. The van der Waals surface area contributed by atoms with Crippen molar-refractivity contribution in [3.05, 3.63) is 71.3 Å². The molecule has 1 saturated heterocycles. The molecular formula is C20H25NO2. The topological polar surface area (TPSA) is 21.7 Å². The quantitative estimate of drug-likeness (QED) is 0.831. The van der Waals surface area contributed by atoms with Crippen LogP contribution in [-0.2, 0) is 21.8 Å². The van der Waals surface area contributed by atoms with Crippen LogP contribution in [0.1, 0.15) is 29.5 Å². The minimum Gasteiger partial charge on any atom is -0.373 e. The Bertz CT molecular complexity index is 601. The summed E-state index contributed by atoms with van der Waals surface area (Å²) in [4.78, 5) is 5.94. The summed E-state index contributed by atoms with van der Waals surface area (Å²) in [5, 5.41) is 2.07. The molecule has 0 spiro atoms. The molecule has 1 heterocycles. The van der Waals surface area contributed by atoms with Crippen LogP contribution in [0.25, 0.3) is 0 Å². The van der Waals surface area contributed by atoms with E-state index in [1.54, 1.807) is 0 Å². The third-order valence-corrected chi connectivity index (χ3v) is 4.76. The van der Waals surface area contributed by atoms with E-state index in [2.05, 4.69) is 48.4 Å². The van der Waals surface area contributed by atoms with Gasteiger partial charge in [-0.05, 0) is 30.9 Å². The van der Waals surface area contributed by atoms with Crippen LogP contribution < -0.4 is 0 Å². The molecule has 1 aliphatic heterocycles. The van der Waals surface area contributed by atoms with Crippen molar-refractivity contribution in [2.45, 2.75) is 32.0 Å². The van der Waals surface area contributed by atoms with E-state index < -0.39 is 0 Å². The number of hydroxylamine groups is 2. The van der Waals surface area contributed by atoms with Crippen LogP contribution in [0.3, 0.4) is 0 Å². The normalized spacial score (nSPS) is 18.0. The zero-order chi connectivity index (χ0) is 16.1. The second-order valence-corrected chi connectivity index (χ2v) is 6.25. The second-order valence-electron chi connectivity index (χ2n) is 6.25. The Labute approximate surface area is 138 Å². The molecular weight excluding hydrogens is 286 g/mol. The van der Waals surface area contributed by atoms with Crippen LogP contribution >= 0.6 is 0 Å². The minimum atomic E-state index is -0.180. The van der Waals surface area contributed by atoms with Crippen molar-refractivity contribution < 1.29 is 9.57 Å². The average Bonchev–Trinajstić information content (AvgIpc) is 2.62. The van der Waals surface area contributed by atoms with Gasteiger partial charge < -0.3 is 4.74 Å². The van der Waals surface area contributed by atoms with Gasteiger partial charge in [-0.2, -0.15) is 5.06 Å². The number of methoxy groups -OCH3 is 1. The summed E-state index contributed by atoms with van der Waals surface area (Å²) in [6.07, 6.45) is 1.89. The first kappa shape index (κ1) is 16.2. The molecule has 0 aliphatic carbocycles. The molecule has 0 atom stereocenters. The molecule has 3 rings (SSSR count). The molecule has 0 saturated carbocycles. The van der Waals surface area contributed by atoms with Crippen molar-refractivity contribution in [1.82, 2.24) is 5.06 Å². The molecule has 3 heteroatoms. The van der Waals surface area contributed by atoms with Gasteiger partial charge in [-0.1, -0.05) is 60.2 Å². The Hall–Kier alpha value is -1.68. The predicted octanol–water partition coefficient (Wildman–Crippen LogP) is 4.06. The summed E-state index contributed by atoms with van der Waals surface area (Å²) in [5.74, 6) is 0. The maximum atomic E-state index is 5.94.